The van der Waals surface area contributed by atoms with Crippen molar-refractivity contribution in [3.05, 3.63) is 42.1 Å². The summed E-state index contributed by atoms with van der Waals surface area (Å²) in [6, 6.07) is 9.31. The summed E-state index contributed by atoms with van der Waals surface area (Å²) >= 11 is 0. The van der Waals surface area contributed by atoms with Crippen LogP contribution < -0.4 is 10.1 Å². The fourth-order valence-electron chi connectivity index (χ4n) is 1.66. The fraction of sp³-hybridized carbons (Fsp3) is 0.286. The number of hydrogen-bond acceptors (Lipinski definition) is 3. The summed E-state index contributed by atoms with van der Waals surface area (Å²) < 4.78 is 5.67. The fourth-order valence-corrected chi connectivity index (χ4v) is 1.66. The average molecular weight is 259 g/mol. The highest BCUT2D eigenvalue weighted by Crippen LogP contribution is 2.15. The number of hydrogen-bond donors (Lipinski definition) is 2. The molecule has 0 aliphatic carbocycles. The number of carbonyl (C=O) groups is 1. The van der Waals surface area contributed by atoms with E-state index < -0.39 is 6.10 Å². The van der Waals surface area contributed by atoms with Gasteiger partial charge in [-0.05, 0) is 25.5 Å². The van der Waals surface area contributed by atoms with Crippen LogP contribution in [0.3, 0.4) is 0 Å². The van der Waals surface area contributed by atoms with Crippen molar-refractivity contribution >= 4 is 11.7 Å². The number of H-pyrrole nitrogens is 1. The van der Waals surface area contributed by atoms with E-state index in [9.17, 15) is 4.79 Å². The average Bonchev–Trinajstić information content (AvgIpc) is 2.82. The Hall–Kier alpha value is -2.30. The van der Waals surface area contributed by atoms with E-state index in [0.717, 1.165) is 5.56 Å². The summed E-state index contributed by atoms with van der Waals surface area (Å²) in [6.45, 7) is 3.78. The lowest BCUT2D eigenvalue weighted by Crippen LogP contribution is -2.32. The van der Waals surface area contributed by atoms with Gasteiger partial charge in [0, 0.05) is 5.56 Å². The van der Waals surface area contributed by atoms with Crippen molar-refractivity contribution in [2.45, 2.75) is 26.4 Å². The zero-order valence-corrected chi connectivity index (χ0v) is 11.0. The van der Waals surface area contributed by atoms with Crippen molar-refractivity contribution in [1.82, 2.24) is 10.2 Å². The molecule has 0 fully saturated rings. The van der Waals surface area contributed by atoms with E-state index in [1.54, 1.807) is 6.20 Å². The quantitative estimate of drug-likeness (QED) is 0.867. The number of aryl methyl sites for hydroxylation is 1. The van der Waals surface area contributed by atoms with Gasteiger partial charge in [-0.25, -0.2) is 0 Å². The number of rotatable bonds is 5. The summed E-state index contributed by atoms with van der Waals surface area (Å²) in [6.07, 6.45) is 1.73. The normalized spacial score (nSPS) is 11.9. The molecule has 2 aromatic rings. The molecule has 1 unspecified atom stereocenters. The molecule has 0 saturated carbocycles. The van der Waals surface area contributed by atoms with E-state index in [1.165, 1.54) is 0 Å². The SMILES string of the molecule is CCC(Oc1ccccc1)C(=O)Nc1[nH]ncc1C. The second-order valence-electron chi connectivity index (χ2n) is 4.25. The monoisotopic (exact) mass is 259 g/mol. The lowest BCUT2D eigenvalue weighted by Gasteiger charge is -2.16. The largest absolute Gasteiger partial charge is 0.481 e. The van der Waals surface area contributed by atoms with Gasteiger partial charge in [0.05, 0.1) is 6.20 Å². The van der Waals surface area contributed by atoms with Crippen molar-refractivity contribution in [1.29, 1.82) is 0 Å². The number of anilines is 1. The maximum Gasteiger partial charge on any atom is 0.266 e. The van der Waals surface area contributed by atoms with Gasteiger partial charge in [-0.15, -0.1) is 0 Å². The van der Waals surface area contributed by atoms with E-state index in [0.29, 0.717) is 18.0 Å². The zero-order valence-electron chi connectivity index (χ0n) is 11.0. The van der Waals surface area contributed by atoms with E-state index in [-0.39, 0.29) is 5.91 Å². The molecule has 0 aliphatic rings. The number of aromatic amines is 1. The van der Waals surface area contributed by atoms with Crippen LogP contribution in [0.25, 0.3) is 0 Å². The second kappa shape index (κ2) is 6.04. The minimum absolute atomic E-state index is 0.182. The molecule has 2 N–H and O–H groups in total. The van der Waals surface area contributed by atoms with Gasteiger partial charge in [0.15, 0.2) is 6.10 Å². The Bertz CT molecular complexity index is 537. The molecule has 0 bridgehead atoms. The topological polar surface area (TPSA) is 67.0 Å². The Kier molecular flexibility index (Phi) is 4.18. The Morgan fingerprint density at radius 1 is 1.42 bits per heavy atom. The Morgan fingerprint density at radius 2 is 2.16 bits per heavy atom. The maximum absolute atomic E-state index is 12.1. The lowest BCUT2D eigenvalue weighted by atomic mass is 10.2. The van der Waals surface area contributed by atoms with E-state index in [2.05, 4.69) is 15.5 Å². The second-order valence-corrected chi connectivity index (χ2v) is 4.25. The van der Waals surface area contributed by atoms with Crippen LogP contribution in [0, 0.1) is 6.92 Å². The van der Waals surface area contributed by atoms with Gasteiger partial charge in [-0.1, -0.05) is 25.1 Å². The molecule has 0 radical (unpaired) electrons. The van der Waals surface area contributed by atoms with E-state index in [1.807, 2.05) is 44.2 Å². The van der Waals surface area contributed by atoms with Crippen molar-refractivity contribution in [3.63, 3.8) is 0 Å². The number of carbonyl (C=O) groups excluding carboxylic acids is 1. The van der Waals surface area contributed by atoms with Gasteiger partial charge in [-0.3, -0.25) is 9.89 Å². The zero-order chi connectivity index (χ0) is 13.7. The Morgan fingerprint density at radius 3 is 2.74 bits per heavy atom. The van der Waals surface area contributed by atoms with E-state index in [4.69, 9.17) is 4.74 Å². The predicted molar refractivity (Wildman–Crippen MR) is 73.1 cm³/mol. The molecular weight excluding hydrogens is 242 g/mol. The molecule has 5 nitrogen and oxygen atoms in total. The smallest absolute Gasteiger partial charge is 0.266 e. The third-order valence-corrected chi connectivity index (χ3v) is 2.76. The molecule has 100 valence electrons. The summed E-state index contributed by atoms with van der Waals surface area (Å²) in [5.74, 6) is 1.12. The Balaban J connectivity index is 2.01. The van der Waals surface area contributed by atoms with Crippen LogP contribution in [0.1, 0.15) is 18.9 Å². The summed E-state index contributed by atoms with van der Waals surface area (Å²) in [7, 11) is 0. The van der Waals surface area contributed by atoms with Crippen LogP contribution in [0.15, 0.2) is 36.5 Å². The number of aromatic nitrogens is 2. The molecule has 19 heavy (non-hydrogen) atoms. The van der Waals surface area contributed by atoms with Gasteiger partial charge < -0.3 is 10.1 Å². The van der Waals surface area contributed by atoms with Crippen molar-refractivity contribution < 1.29 is 9.53 Å². The van der Waals surface area contributed by atoms with E-state index >= 15 is 0 Å². The minimum atomic E-state index is -0.523. The lowest BCUT2D eigenvalue weighted by molar-refractivity contribution is -0.122. The van der Waals surface area contributed by atoms with Crippen molar-refractivity contribution in [3.8, 4) is 5.75 Å². The third kappa shape index (κ3) is 3.34. The predicted octanol–water partition coefficient (Wildman–Crippen LogP) is 2.51. The summed E-state index contributed by atoms with van der Waals surface area (Å²) in [5, 5.41) is 9.38. The number of ether oxygens (including phenoxy) is 1. The highest BCUT2D eigenvalue weighted by Gasteiger charge is 2.19. The first-order valence-corrected chi connectivity index (χ1v) is 6.23. The third-order valence-electron chi connectivity index (χ3n) is 2.76. The van der Waals surface area contributed by atoms with Crippen molar-refractivity contribution in [2.24, 2.45) is 0 Å². The van der Waals surface area contributed by atoms with Crippen LogP contribution in [0.5, 0.6) is 5.75 Å². The molecule has 0 spiro atoms. The highest BCUT2D eigenvalue weighted by molar-refractivity contribution is 5.94. The van der Waals surface area contributed by atoms with Gasteiger partial charge >= 0.3 is 0 Å². The number of nitrogens with zero attached hydrogens (tertiary/aromatic N) is 1. The van der Waals surface area contributed by atoms with Gasteiger partial charge in [0.2, 0.25) is 0 Å². The first-order valence-electron chi connectivity index (χ1n) is 6.23. The number of para-hydroxylation sites is 1. The van der Waals surface area contributed by atoms with Gasteiger partial charge in [0.1, 0.15) is 11.6 Å². The van der Waals surface area contributed by atoms with Gasteiger partial charge in [0.25, 0.3) is 5.91 Å². The molecule has 1 aromatic carbocycles. The summed E-state index contributed by atoms with van der Waals surface area (Å²) in [4.78, 5) is 12.1. The van der Waals surface area contributed by atoms with Gasteiger partial charge in [-0.2, -0.15) is 5.10 Å². The molecule has 1 atom stereocenters. The molecule has 2 rings (SSSR count). The maximum atomic E-state index is 12.1. The van der Waals surface area contributed by atoms with Crippen LogP contribution in [-0.4, -0.2) is 22.2 Å². The highest BCUT2D eigenvalue weighted by atomic mass is 16.5. The summed E-state index contributed by atoms with van der Waals surface area (Å²) in [5.41, 5.74) is 0.892. The molecule has 1 amide bonds. The molecule has 1 heterocycles. The van der Waals surface area contributed by atoms with Crippen LogP contribution in [0.2, 0.25) is 0 Å². The molecule has 5 heteroatoms. The first kappa shape index (κ1) is 13.1. The first-order chi connectivity index (χ1) is 9.20. The van der Waals surface area contributed by atoms with Crippen LogP contribution in [-0.2, 0) is 4.79 Å². The molecule has 0 saturated heterocycles. The van der Waals surface area contributed by atoms with Crippen LogP contribution >= 0.6 is 0 Å². The Labute approximate surface area is 112 Å². The molecule has 0 aliphatic heterocycles. The standard InChI is InChI=1S/C14H17N3O2/c1-3-12(19-11-7-5-4-6-8-11)14(18)16-13-10(2)9-15-17-13/h4-9,12H,3H2,1-2H3,(H2,15,16,17,18). The minimum Gasteiger partial charge on any atom is -0.481 e. The van der Waals surface area contributed by atoms with Crippen LogP contribution in [0.4, 0.5) is 5.82 Å². The molecular formula is C14H17N3O2. The molecule has 1 aromatic heterocycles. The number of benzene rings is 1. The number of amides is 1. The van der Waals surface area contributed by atoms with Crippen molar-refractivity contribution in [2.75, 3.05) is 5.32 Å². The number of nitrogens with one attached hydrogen (secondary N) is 2.